The van der Waals surface area contributed by atoms with E-state index in [9.17, 15) is 0 Å². The molecule has 37 heavy (non-hydrogen) atoms. The molecule has 6 rings (SSSR count). The number of fused-ring (bicyclic) bond motifs is 1. The monoisotopic (exact) mass is 612 g/mol. The Hall–Kier alpha value is -3.55. The van der Waals surface area contributed by atoms with E-state index in [2.05, 4.69) is 68.3 Å². The van der Waals surface area contributed by atoms with Gasteiger partial charge in [0, 0.05) is 26.3 Å². The Kier molecular flexibility index (Phi) is 6.49. The fraction of sp³-hybridized carbons (Fsp3) is 0.100. The minimum atomic E-state index is -0.0499. The molecule has 5 aromatic rings. The first-order chi connectivity index (χ1) is 18.1. The van der Waals surface area contributed by atoms with Gasteiger partial charge in [-0.1, -0.05) is 74.3 Å². The zero-order valence-corrected chi connectivity index (χ0v) is 23.1. The van der Waals surface area contributed by atoms with Crippen molar-refractivity contribution >= 4 is 54.4 Å². The van der Waals surface area contributed by atoms with E-state index in [4.69, 9.17) is 19.8 Å². The van der Waals surface area contributed by atoms with Gasteiger partial charge in [-0.2, -0.15) is 5.10 Å². The summed E-state index contributed by atoms with van der Waals surface area (Å²) >= 11 is 7.25. The summed E-state index contributed by atoms with van der Waals surface area (Å²) in [7, 11) is 1.67. The second kappa shape index (κ2) is 10.1. The van der Waals surface area contributed by atoms with Crippen LogP contribution in [-0.2, 0) is 0 Å². The highest BCUT2D eigenvalue weighted by Crippen LogP contribution is 2.38. The van der Waals surface area contributed by atoms with Gasteiger partial charge in [-0.3, -0.25) is 0 Å². The first-order valence-electron chi connectivity index (χ1n) is 11.9. The molecule has 0 aliphatic carbocycles. The Morgan fingerprint density at radius 2 is 1.57 bits per heavy atom. The lowest BCUT2D eigenvalue weighted by molar-refractivity contribution is 0.415. The normalized spacial score (nSPS) is 15.2. The van der Waals surface area contributed by atoms with Crippen LogP contribution in [0.3, 0.4) is 0 Å². The molecule has 0 spiro atoms. The van der Waals surface area contributed by atoms with E-state index in [1.165, 1.54) is 0 Å². The Balaban J connectivity index is 1.52. The van der Waals surface area contributed by atoms with Gasteiger partial charge in [0.1, 0.15) is 5.75 Å². The molecule has 182 valence electrons. The number of benzene rings is 4. The maximum atomic E-state index is 5.35. The topological polar surface area (TPSA) is 50.6 Å². The van der Waals surface area contributed by atoms with Crippen LogP contribution >= 0.6 is 31.9 Å². The standard InChI is InChI=1S/C30H22Br2N4O/c1-37-24-13-10-19(11-14-24)27-18-28(21-8-5-9-22(31)16-21)36(35-27)30-33-26-15-12-23(32)17-25(26)29(34-30)20-6-3-2-4-7-20/h2-17,28H,18H2,1H3/t28-/m0/s1. The van der Waals surface area contributed by atoms with E-state index >= 15 is 0 Å². The largest absolute Gasteiger partial charge is 0.497 e. The molecule has 0 radical (unpaired) electrons. The SMILES string of the molecule is COc1ccc(C2=NN(c3nc(-c4ccccc4)c4cc(Br)ccc4n3)[C@H](c3cccc(Br)c3)C2)cc1. The average Bonchev–Trinajstić information content (AvgIpc) is 3.39. The van der Waals surface area contributed by atoms with Gasteiger partial charge in [0.2, 0.25) is 5.95 Å². The van der Waals surface area contributed by atoms with Crippen LogP contribution < -0.4 is 9.75 Å². The third kappa shape index (κ3) is 4.77. The molecule has 1 aliphatic rings. The number of nitrogens with zero attached hydrogens (tertiary/aromatic N) is 4. The van der Waals surface area contributed by atoms with E-state index in [0.29, 0.717) is 5.95 Å². The number of aromatic nitrogens is 2. The predicted octanol–water partition coefficient (Wildman–Crippen LogP) is 8.19. The van der Waals surface area contributed by atoms with Crippen molar-refractivity contribution in [2.75, 3.05) is 12.1 Å². The van der Waals surface area contributed by atoms with Crippen molar-refractivity contribution in [1.82, 2.24) is 9.97 Å². The van der Waals surface area contributed by atoms with Gasteiger partial charge in [-0.15, -0.1) is 0 Å². The van der Waals surface area contributed by atoms with Crippen LogP contribution in [0.5, 0.6) is 5.75 Å². The molecule has 0 saturated heterocycles. The summed E-state index contributed by atoms with van der Waals surface area (Å²) in [5, 5.41) is 8.05. The summed E-state index contributed by atoms with van der Waals surface area (Å²) in [6, 6.07) is 32.7. The molecular weight excluding hydrogens is 592 g/mol. The number of rotatable bonds is 5. The van der Waals surface area contributed by atoms with Crippen molar-refractivity contribution in [2.24, 2.45) is 5.10 Å². The molecule has 0 saturated carbocycles. The maximum Gasteiger partial charge on any atom is 0.247 e. The summed E-state index contributed by atoms with van der Waals surface area (Å²) in [6.45, 7) is 0. The lowest BCUT2D eigenvalue weighted by atomic mass is 9.98. The van der Waals surface area contributed by atoms with Crippen molar-refractivity contribution in [3.8, 4) is 17.0 Å². The van der Waals surface area contributed by atoms with Crippen LogP contribution in [0.4, 0.5) is 5.95 Å². The lowest BCUT2D eigenvalue weighted by Crippen LogP contribution is -2.21. The Morgan fingerprint density at radius 1 is 0.784 bits per heavy atom. The molecule has 7 heteroatoms. The first-order valence-corrected chi connectivity index (χ1v) is 13.5. The molecule has 5 nitrogen and oxygen atoms in total. The van der Waals surface area contributed by atoms with Gasteiger partial charge in [0.25, 0.3) is 0 Å². The van der Waals surface area contributed by atoms with Crippen LogP contribution in [-0.4, -0.2) is 22.8 Å². The van der Waals surface area contributed by atoms with Gasteiger partial charge < -0.3 is 4.74 Å². The number of hydrogen-bond acceptors (Lipinski definition) is 5. The number of ether oxygens (including phenoxy) is 1. The summed E-state index contributed by atoms with van der Waals surface area (Å²) in [5.74, 6) is 1.39. The van der Waals surface area contributed by atoms with Gasteiger partial charge in [0.15, 0.2) is 0 Å². The molecule has 1 aliphatic heterocycles. The van der Waals surface area contributed by atoms with E-state index in [-0.39, 0.29) is 6.04 Å². The molecule has 2 heterocycles. The summed E-state index contributed by atoms with van der Waals surface area (Å²) < 4.78 is 7.36. The van der Waals surface area contributed by atoms with Crippen molar-refractivity contribution in [3.63, 3.8) is 0 Å². The summed E-state index contributed by atoms with van der Waals surface area (Å²) in [6.07, 6.45) is 0.727. The first kappa shape index (κ1) is 23.8. The second-order valence-corrected chi connectivity index (χ2v) is 10.6. The zero-order valence-electron chi connectivity index (χ0n) is 20.0. The third-order valence-corrected chi connectivity index (χ3v) is 7.45. The van der Waals surface area contributed by atoms with Crippen LogP contribution in [0.2, 0.25) is 0 Å². The van der Waals surface area contributed by atoms with Crippen molar-refractivity contribution in [2.45, 2.75) is 12.5 Å². The average molecular weight is 614 g/mol. The predicted molar refractivity (Wildman–Crippen MR) is 156 cm³/mol. The molecule has 0 fully saturated rings. The lowest BCUT2D eigenvalue weighted by Gasteiger charge is -2.23. The molecule has 4 aromatic carbocycles. The molecule has 0 N–H and O–H groups in total. The van der Waals surface area contributed by atoms with Gasteiger partial charge in [-0.25, -0.2) is 15.0 Å². The second-order valence-electron chi connectivity index (χ2n) is 8.79. The van der Waals surface area contributed by atoms with Crippen LogP contribution in [0.15, 0.2) is 111 Å². The maximum absolute atomic E-state index is 5.35. The van der Waals surface area contributed by atoms with E-state index in [1.807, 2.05) is 65.7 Å². The Bertz CT molecular complexity index is 1620. The van der Waals surface area contributed by atoms with E-state index < -0.39 is 0 Å². The fourth-order valence-corrected chi connectivity index (χ4v) is 5.41. The number of anilines is 1. The van der Waals surface area contributed by atoms with Crippen molar-refractivity contribution in [3.05, 3.63) is 117 Å². The van der Waals surface area contributed by atoms with Crippen molar-refractivity contribution in [1.29, 1.82) is 0 Å². The molecule has 1 atom stereocenters. The summed E-state index contributed by atoms with van der Waals surface area (Å²) in [4.78, 5) is 10.1. The number of halogens is 2. The fourth-order valence-electron chi connectivity index (χ4n) is 4.63. The molecular formula is C30H22Br2N4O. The molecule has 0 amide bonds. The molecule has 1 aromatic heterocycles. The minimum Gasteiger partial charge on any atom is -0.497 e. The smallest absolute Gasteiger partial charge is 0.247 e. The van der Waals surface area contributed by atoms with Gasteiger partial charge in [0.05, 0.1) is 30.1 Å². The number of methoxy groups -OCH3 is 1. The Labute approximate surface area is 232 Å². The third-order valence-electron chi connectivity index (χ3n) is 6.47. The van der Waals surface area contributed by atoms with E-state index in [1.54, 1.807) is 7.11 Å². The van der Waals surface area contributed by atoms with Gasteiger partial charge >= 0.3 is 0 Å². The Morgan fingerprint density at radius 3 is 2.32 bits per heavy atom. The number of hydrogen-bond donors (Lipinski definition) is 0. The summed E-state index contributed by atoms with van der Waals surface area (Å²) in [5.41, 5.74) is 5.95. The molecule has 0 unspecified atom stereocenters. The highest BCUT2D eigenvalue weighted by atomic mass is 79.9. The van der Waals surface area contributed by atoms with Crippen LogP contribution in [0, 0.1) is 0 Å². The quantitative estimate of drug-likeness (QED) is 0.200. The van der Waals surface area contributed by atoms with E-state index in [0.717, 1.165) is 60.1 Å². The van der Waals surface area contributed by atoms with Gasteiger partial charge in [-0.05, 0) is 65.7 Å². The van der Waals surface area contributed by atoms with Crippen LogP contribution in [0.1, 0.15) is 23.6 Å². The van der Waals surface area contributed by atoms with Crippen molar-refractivity contribution < 1.29 is 4.74 Å². The van der Waals surface area contributed by atoms with Crippen LogP contribution in [0.25, 0.3) is 22.2 Å². The zero-order chi connectivity index (χ0) is 25.4. The minimum absolute atomic E-state index is 0.0499. The number of hydrazone groups is 1. The highest BCUT2D eigenvalue weighted by molar-refractivity contribution is 9.10. The molecule has 0 bridgehead atoms. The highest BCUT2D eigenvalue weighted by Gasteiger charge is 2.32.